The summed E-state index contributed by atoms with van der Waals surface area (Å²) in [5, 5.41) is 12.6. The Morgan fingerprint density at radius 3 is 2.67 bits per heavy atom. The second-order valence-corrected chi connectivity index (χ2v) is 5.71. The number of hydrogen-bond acceptors (Lipinski definition) is 3. The van der Waals surface area contributed by atoms with Gasteiger partial charge in [-0.2, -0.15) is 0 Å². The first-order valence-corrected chi connectivity index (χ1v) is 7.52. The molecule has 0 saturated heterocycles. The molecule has 4 nitrogen and oxygen atoms in total. The van der Waals surface area contributed by atoms with E-state index in [-0.39, 0.29) is 18.9 Å². The molecule has 1 heterocycles. The first kappa shape index (κ1) is 15.7. The van der Waals surface area contributed by atoms with Crippen molar-refractivity contribution in [2.45, 2.75) is 18.9 Å². The maximum atomic E-state index is 11.8. The number of nitrogens with one attached hydrogen (secondary N) is 1. The summed E-state index contributed by atoms with van der Waals surface area (Å²) in [7, 11) is 0. The Kier molecular flexibility index (Phi) is 5.90. The molecule has 0 saturated carbocycles. The number of pyridine rings is 1. The highest BCUT2D eigenvalue weighted by atomic mass is 79.9. The Labute approximate surface area is 132 Å². The number of hydrogen-bond donors (Lipinski definition) is 2. The molecule has 1 aromatic heterocycles. The minimum absolute atomic E-state index is 0.142. The van der Waals surface area contributed by atoms with Crippen molar-refractivity contribution in [1.29, 1.82) is 0 Å². The van der Waals surface area contributed by atoms with Gasteiger partial charge in [-0.25, -0.2) is 0 Å². The second kappa shape index (κ2) is 7.90. The maximum Gasteiger partial charge on any atom is 0.226 e. The van der Waals surface area contributed by atoms with Crippen LogP contribution in [-0.2, 0) is 17.6 Å². The van der Waals surface area contributed by atoms with E-state index in [1.165, 1.54) is 0 Å². The highest BCUT2D eigenvalue weighted by molar-refractivity contribution is 9.10. The van der Waals surface area contributed by atoms with Crippen LogP contribution >= 0.6 is 15.9 Å². The summed E-state index contributed by atoms with van der Waals surface area (Å²) in [5.41, 5.74) is 1.75. The van der Waals surface area contributed by atoms with Crippen molar-refractivity contribution in [2.75, 3.05) is 6.54 Å². The summed E-state index contributed by atoms with van der Waals surface area (Å²) >= 11 is 3.30. The normalized spacial score (nSPS) is 11.9. The molecular weight excluding hydrogens is 332 g/mol. The molecule has 2 aromatic rings. The predicted molar refractivity (Wildman–Crippen MR) is 84.8 cm³/mol. The zero-order chi connectivity index (χ0) is 15.1. The molecule has 5 heteroatoms. The minimum atomic E-state index is -0.589. The molecule has 0 aliphatic rings. The second-order valence-electron chi connectivity index (χ2n) is 4.79. The van der Waals surface area contributed by atoms with Gasteiger partial charge in [-0.05, 0) is 33.6 Å². The Morgan fingerprint density at radius 1 is 1.24 bits per heavy atom. The quantitative estimate of drug-likeness (QED) is 0.840. The van der Waals surface area contributed by atoms with Crippen LogP contribution in [0.1, 0.15) is 11.3 Å². The lowest BCUT2D eigenvalue weighted by molar-refractivity contribution is -0.120. The number of aliphatic hydroxyl groups excluding tert-OH is 1. The average molecular weight is 349 g/mol. The maximum absolute atomic E-state index is 11.8. The summed E-state index contributed by atoms with van der Waals surface area (Å²) in [5.74, 6) is -0.142. The van der Waals surface area contributed by atoms with Gasteiger partial charge in [0.2, 0.25) is 5.91 Å². The Balaban J connectivity index is 1.74. The fourth-order valence-electron chi connectivity index (χ4n) is 1.93. The van der Waals surface area contributed by atoms with E-state index in [0.29, 0.717) is 12.1 Å². The van der Waals surface area contributed by atoms with Crippen molar-refractivity contribution in [3.63, 3.8) is 0 Å². The fourth-order valence-corrected chi connectivity index (χ4v) is 2.16. The summed E-state index contributed by atoms with van der Waals surface area (Å²) in [6, 6.07) is 13.3. The molecule has 2 N–H and O–H groups in total. The van der Waals surface area contributed by atoms with Crippen LogP contribution in [0.4, 0.5) is 0 Å². The lowest BCUT2D eigenvalue weighted by Crippen LogP contribution is -2.34. The van der Waals surface area contributed by atoms with Crippen molar-refractivity contribution in [3.8, 4) is 0 Å². The zero-order valence-electron chi connectivity index (χ0n) is 11.5. The Hall–Kier alpha value is -1.72. The van der Waals surface area contributed by atoms with E-state index in [1.54, 1.807) is 12.3 Å². The summed E-state index contributed by atoms with van der Waals surface area (Å²) in [6.45, 7) is 0.240. The molecule has 1 amide bonds. The molecular formula is C16H17BrN2O2. The minimum Gasteiger partial charge on any atom is -0.391 e. The van der Waals surface area contributed by atoms with Crippen LogP contribution in [0.3, 0.4) is 0 Å². The number of halogens is 1. The predicted octanol–water partition coefficient (Wildman–Crippen LogP) is 2.11. The number of aromatic nitrogens is 1. The lowest BCUT2D eigenvalue weighted by Gasteiger charge is -2.12. The van der Waals surface area contributed by atoms with Crippen molar-refractivity contribution in [2.24, 2.45) is 0 Å². The molecule has 1 aromatic carbocycles. The number of aliphatic hydroxyl groups is 1. The van der Waals surface area contributed by atoms with Gasteiger partial charge in [-0.15, -0.1) is 0 Å². The lowest BCUT2D eigenvalue weighted by atomic mass is 10.1. The zero-order valence-corrected chi connectivity index (χ0v) is 13.1. The number of benzene rings is 1. The fraction of sp³-hybridized carbons (Fsp3) is 0.250. The first-order chi connectivity index (χ1) is 10.1. The molecule has 0 radical (unpaired) electrons. The number of amides is 1. The van der Waals surface area contributed by atoms with Crippen molar-refractivity contribution in [1.82, 2.24) is 10.3 Å². The monoisotopic (exact) mass is 348 g/mol. The Morgan fingerprint density at radius 2 is 2.00 bits per heavy atom. The van der Waals surface area contributed by atoms with E-state index in [9.17, 15) is 9.90 Å². The molecule has 1 unspecified atom stereocenters. The van der Waals surface area contributed by atoms with Gasteiger partial charge in [0.15, 0.2) is 0 Å². The van der Waals surface area contributed by atoms with Crippen LogP contribution in [0.2, 0.25) is 0 Å². The summed E-state index contributed by atoms with van der Waals surface area (Å²) < 4.78 is 0.880. The van der Waals surface area contributed by atoms with Crippen LogP contribution < -0.4 is 5.32 Å². The van der Waals surface area contributed by atoms with E-state index in [4.69, 9.17) is 0 Å². The molecule has 21 heavy (non-hydrogen) atoms. The molecule has 0 fully saturated rings. The third kappa shape index (κ3) is 5.65. The van der Waals surface area contributed by atoms with Crippen LogP contribution in [0, 0.1) is 0 Å². The molecule has 1 atom stereocenters. The third-order valence-corrected chi connectivity index (χ3v) is 3.45. The molecule has 0 aliphatic carbocycles. The van der Waals surface area contributed by atoms with Gasteiger partial charge < -0.3 is 10.4 Å². The number of carbonyl (C=O) groups is 1. The number of carbonyl (C=O) groups excluding carboxylic acids is 1. The Bertz CT molecular complexity index is 573. The smallest absolute Gasteiger partial charge is 0.226 e. The van der Waals surface area contributed by atoms with E-state index in [1.807, 2.05) is 36.4 Å². The van der Waals surface area contributed by atoms with Gasteiger partial charge in [0.1, 0.15) is 0 Å². The molecule has 0 spiro atoms. The van der Waals surface area contributed by atoms with E-state index < -0.39 is 6.10 Å². The van der Waals surface area contributed by atoms with Gasteiger partial charge in [-0.3, -0.25) is 9.78 Å². The number of nitrogens with zero attached hydrogens (tertiary/aromatic N) is 1. The van der Waals surface area contributed by atoms with Crippen molar-refractivity contribution in [3.05, 3.63) is 64.4 Å². The van der Waals surface area contributed by atoms with Crippen molar-refractivity contribution < 1.29 is 9.90 Å². The highest BCUT2D eigenvalue weighted by Crippen LogP contribution is 2.07. The molecule has 110 valence electrons. The summed E-state index contributed by atoms with van der Waals surface area (Å²) in [4.78, 5) is 15.9. The van der Waals surface area contributed by atoms with Crippen LogP contribution in [0.5, 0.6) is 0 Å². The third-order valence-electron chi connectivity index (χ3n) is 2.98. The van der Waals surface area contributed by atoms with Gasteiger partial charge in [0.05, 0.1) is 12.5 Å². The van der Waals surface area contributed by atoms with Crippen LogP contribution in [-0.4, -0.2) is 28.6 Å². The van der Waals surface area contributed by atoms with E-state index in [0.717, 1.165) is 10.0 Å². The summed E-state index contributed by atoms with van der Waals surface area (Å²) in [6.07, 6.45) is 1.81. The van der Waals surface area contributed by atoms with E-state index in [2.05, 4.69) is 26.2 Å². The highest BCUT2D eigenvalue weighted by Gasteiger charge is 2.09. The van der Waals surface area contributed by atoms with Crippen molar-refractivity contribution >= 4 is 21.8 Å². The van der Waals surface area contributed by atoms with E-state index >= 15 is 0 Å². The SMILES string of the molecule is O=C(Cc1ccc(Br)cn1)NCC(O)Cc1ccccc1. The molecule has 0 bridgehead atoms. The molecule has 2 rings (SSSR count). The van der Waals surface area contributed by atoms with Gasteiger partial charge in [0.25, 0.3) is 0 Å². The van der Waals surface area contributed by atoms with Gasteiger partial charge >= 0.3 is 0 Å². The largest absolute Gasteiger partial charge is 0.391 e. The first-order valence-electron chi connectivity index (χ1n) is 6.72. The standard InChI is InChI=1S/C16H17BrN2O2/c17-13-6-7-14(18-10-13)9-16(21)19-11-15(20)8-12-4-2-1-3-5-12/h1-7,10,15,20H,8-9,11H2,(H,19,21). The molecule has 0 aliphatic heterocycles. The topological polar surface area (TPSA) is 62.2 Å². The van der Waals surface area contributed by atoms with Gasteiger partial charge in [-0.1, -0.05) is 30.3 Å². The number of rotatable bonds is 6. The van der Waals surface area contributed by atoms with Crippen LogP contribution in [0.15, 0.2) is 53.1 Å². The van der Waals surface area contributed by atoms with Gasteiger partial charge in [0, 0.05) is 29.3 Å². The van der Waals surface area contributed by atoms with Crippen LogP contribution in [0.25, 0.3) is 0 Å². The average Bonchev–Trinajstić information content (AvgIpc) is 2.49.